The zero-order chi connectivity index (χ0) is 10.9. The van der Waals surface area contributed by atoms with Crippen molar-refractivity contribution >= 4 is 0 Å². The fraction of sp³-hybridized carbons (Fsp3) is 0.500. The summed E-state index contributed by atoms with van der Waals surface area (Å²) in [6, 6.07) is 0. The summed E-state index contributed by atoms with van der Waals surface area (Å²) in [5.41, 5.74) is -3.07. The molecule has 0 saturated carbocycles. The monoisotopic (exact) mass is 212 g/mol. The molecule has 0 spiro atoms. The van der Waals surface area contributed by atoms with Gasteiger partial charge in [-0.15, -0.1) is 0 Å². The number of aliphatic hydroxyl groups is 2. The molecule has 1 aliphatic rings. The molecule has 6 heteroatoms. The van der Waals surface area contributed by atoms with Gasteiger partial charge in [-0.25, -0.2) is 17.6 Å². The Morgan fingerprint density at radius 1 is 1.29 bits per heavy atom. The molecule has 0 heterocycles. The van der Waals surface area contributed by atoms with Crippen molar-refractivity contribution in [3.8, 4) is 0 Å². The average molecular weight is 212 g/mol. The Bertz CT molecular complexity index is 300. The normalized spacial score (nSPS) is 33.3. The Morgan fingerprint density at radius 2 is 1.86 bits per heavy atom. The standard InChI is InChI=1S/C8H8F4O2/c9-5-1-6(10)8(12,3-14)4(2-13)7(5)11/h1,4,13-14H,2-3H2. The molecule has 14 heavy (non-hydrogen) atoms. The van der Waals surface area contributed by atoms with Crippen molar-refractivity contribution in [1.82, 2.24) is 0 Å². The molecular formula is C8H8F4O2. The maximum absolute atomic E-state index is 13.5. The molecular weight excluding hydrogens is 204 g/mol. The van der Waals surface area contributed by atoms with Crippen LogP contribution in [-0.4, -0.2) is 29.1 Å². The van der Waals surface area contributed by atoms with Crippen LogP contribution in [-0.2, 0) is 0 Å². The van der Waals surface area contributed by atoms with Gasteiger partial charge in [-0.1, -0.05) is 0 Å². The first-order chi connectivity index (χ1) is 6.47. The summed E-state index contributed by atoms with van der Waals surface area (Å²) in [4.78, 5) is 0. The van der Waals surface area contributed by atoms with Crippen molar-refractivity contribution < 1.29 is 27.8 Å². The van der Waals surface area contributed by atoms with Gasteiger partial charge in [0, 0.05) is 6.08 Å². The van der Waals surface area contributed by atoms with Crippen molar-refractivity contribution in [2.45, 2.75) is 5.67 Å². The van der Waals surface area contributed by atoms with Crippen LogP contribution < -0.4 is 0 Å². The van der Waals surface area contributed by atoms with E-state index in [1.54, 1.807) is 0 Å². The average Bonchev–Trinajstić information content (AvgIpc) is 2.16. The largest absolute Gasteiger partial charge is 0.396 e. The number of rotatable bonds is 2. The van der Waals surface area contributed by atoms with Gasteiger partial charge in [0.2, 0.25) is 0 Å². The van der Waals surface area contributed by atoms with E-state index in [9.17, 15) is 17.6 Å². The van der Waals surface area contributed by atoms with Crippen molar-refractivity contribution in [3.05, 3.63) is 23.6 Å². The fourth-order valence-electron chi connectivity index (χ4n) is 1.24. The van der Waals surface area contributed by atoms with E-state index in [0.29, 0.717) is 0 Å². The number of hydrogen-bond acceptors (Lipinski definition) is 2. The van der Waals surface area contributed by atoms with Gasteiger partial charge in [0.05, 0.1) is 19.1 Å². The zero-order valence-electron chi connectivity index (χ0n) is 6.98. The highest BCUT2D eigenvalue weighted by Crippen LogP contribution is 2.42. The molecule has 80 valence electrons. The molecule has 0 aromatic heterocycles. The number of hydrogen-bond donors (Lipinski definition) is 2. The van der Waals surface area contributed by atoms with Gasteiger partial charge < -0.3 is 10.2 Å². The highest BCUT2D eigenvalue weighted by molar-refractivity contribution is 5.33. The molecule has 1 rings (SSSR count). The molecule has 2 N–H and O–H groups in total. The molecule has 1 aliphatic carbocycles. The molecule has 0 saturated heterocycles. The lowest BCUT2D eigenvalue weighted by molar-refractivity contribution is 0.00602. The van der Waals surface area contributed by atoms with Gasteiger partial charge in [0.15, 0.2) is 11.5 Å². The summed E-state index contributed by atoms with van der Waals surface area (Å²) < 4.78 is 51.8. The van der Waals surface area contributed by atoms with Crippen LogP contribution >= 0.6 is 0 Å². The molecule has 2 atom stereocenters. The summed E-state index contributed by atoms with van der Waals surface area (Å²) in [7, 11) is 0. The van der Waals surface area contributed by atoms with Gasteiger partial charge in [0.25, 0.3) is 0 Å². The summed E-state index contributed by atoms with van der Waals surface area (Å²) in [5.74, 6) is -6.82. The first kappa shape index (κ1) is 11.2. The first-order valence-corrected chi connectivity index (χ1v) is 3.80. The molecule has 0 aromatic rings. The van der Waals surface area contributed by atoms with Gasteiger partial charge >= 0.3 is 0 Å². The predicted octanol–water partition coefficient (Wildman–Crippen LogP) is 1.31. The maximum Gasteiger partial charge on any atom is 0.196 e. The summed E-state index contributed by atoms with van der Waals surface area (Å²) in [6.07, 6.45) is 0.0255. The van der Waals surface area contributed by atoms with E-state index in [0.717, 1.165) is 0 Å². The van der Waals surface area contributed by atoms with Gasteiger partial charge in [-0.05, 0) is 0 Å². The lowest BCUT2D eigenvalue weighted by Crippen LogP contribution is -2.42. The van der Waals surface area contributed by atoms with Crippen LogP contribution in [0, 0.1) is 5.92 Å². The lowest BCUT2D eigenvalue weighted by atomic mass is 9.84. The van der Waals surface area contributed by atoms with Crippen molar-refractivity contribution in [1.29, 1.82) is 0 Å². The SMILES string of the molecule is OCC1C(F)=C(F)C=C(F)C1(F)CO. The molecule has 0 amide bonds. The molecule has 0 aliphatic heterocycles. The van der Waals surface area contributed by atoms with Crippen LogP contribution in [0.15, 0.2) is 23.6 Å². The van der Waals surface area contributed by atoms with E-state index in [-0.39, 0.29) is 6.08 Å². The molecule has 0 bridgehead atoms. The maximum atomic E-state index is 13.5. The second-order valence-electron chi connectivity index (χ2n) is 2.94. The number of alkyl halides is 1. The number of allylic oxidation sites excluding steroid dienone is 2. The quantitative estimate of drug-likeness (QED) is 0.677. The Hall–Kier alpha value is -0.880. The molecule has 2 unspecified atom stereocenters. The van der Waals surface area contributed by atoms with Gasteiger partial charge in [0.1, 0.15) is 11.7 Å². The van der Waals surface area contributed by atoms with Gasteiger partial charge in [-0.3, -0.25) is 0 Å². The Balaban J connectivity index is 3.19. The van der Waals surface area contributed by atoms with E-state index >= 15 is 0 Å². The van der Waals surface area contributed by atoms with E-state index in [4.69, 9.17) is 10.2 Å². The van der Waals surface area contributed by atoms with E-state index in [1.165, 1.54) is 0 Å². The van der Waals surface area contributed by atoms with Crippen LogP contribution in [0.4, 0.5) is 17.6 Å². The summed E-state index contributed by atoms with van der Waals surface area (Å²) in [5, 5.41) is 17.1. The molecule has 0 radical (unpaired) electrons. The second kappa shape index (κ2) is 3.70. The zero-order valence-corrected chi connectivity index (χ0v) is 6.98. The smallest absolute Gasteiger partial charge is 0.196 e. The van der Waals surface area contributed by atoms with Crippen molar-refractivity contribution in [3.63, 3.8) is 0 Å². The first-order valence-electron chi connectivity index (χ1n) is 3.80. The molecule has 0 aromatic carbocycles. The number of aliphatic hydroxyl groups excluding tert-OH is 2. The third kappa shape index (κ3) is 1.44. The minimum Gasteiger partial charge on any atom is -0.396 e. The van der Waals surface area contributed by atoms with E-state index in [1.807, 2.05) is 0 Å². The molecule has 0 fully saturated rings. The van der Waals surface area contributed by atoms with E-state index in [2.05, 4.69) is 0 Å². The predicted molar refractivity (Wildman–Crippen MR) is 39.9 cm³/mol. The van der Waals surface area contributed by atoms with Crippen molar-refractivity contribution in [2.24, 2.45) is 5.92 Å². The molecule has 2 nitrogen and oxygen atoms in total. The van der Waals surface area contributed by atoms with Crippen molar-refractivity contribution in [2.75, 3.05) is 13.2 Å². The van der Waals surface area contributed by atoms with Gasteiger partial charge in [-0.2, -0.15) is 0 Å². The fourth-order valence-corrected chi connectivity index (χ4v) is 1.24. The highest BCUT2D eigenvalue weighted by atomic mass is 19.2. The highest BCUT2D eigenvalue weighted by Gasteiger charge is 2.49. The summed E-state index contributed by atoms with van der Waals surface area (Å²) in [6.45, 7) is -2.49. The van der Waals surface area contributed by atoms with Crippen LogP contribution in [0.3, 0.4) is 0 Å². The van der Waals surface area contributed by atoms with Crippen LogP contribution in [0.1, 0.15) is 0 Å². The van der Waals surface area contributed by atoms with Crippen LogP contribution in [0.5, 0.6) is 0 Å². The minimum atomic E-state index is -3.07. The Morgan fingerprint density at radius 3 is 2.29 bits per heavy atom. The Labute approximate surface area is 77.2 Å². The minimum absolute atomic E-state index is 0.0255. The summed E-state index contributed by atoms with van der Waals surface area (Å²) >= 11 is 0. The van der Waals surface area contributed by atoms with Crippen LogP contribution in [0.2, 0.25) is 0 Å². The van der Waals surface area contributed by atoms with E-state index < -0.39 is 42.3 Å². The topological polar surface area (TPSA) is 40.5 Å². The third-order valence-corrected chi connectivity index (χ3v) is 2.15. The lowest BCUT2D eigenvalue weighted by Gasteiger charge is -2.31. The van der Waals surface area contributed by atoms with Crippen LogP contribution in [0.25, 0.3) is 0 Å². The number of halogens is 4. The Kier molecular flexibility index (Phi) is 2.96. The third-order valence-electron chi connectivity index (χ3n) is 2.15. The second-order valence-corrected chi connectivity index (χ2v) is 2.94.